The maximum Gasteiger partial charge on any atom is 0.339 e. The summed E-state index contributed by atoms with van der Waals surface area (Å²) < 4.78 is 13.6. The van der Waals surface area contributed by atoms with Crippen LogP contribution in [0, 0.1) is 5.82 Å². The van der Waals surface area contributed by atoms with Crippen LogP contribution in [0.5, 0.6) is 0 Å². The molecule has 0 aliphatic rings. The van der Waals surface area contributed by atoms with Gasteiger partial charge in [-0.05, 0) is 13.0 Å². The maximum absolute atomic E-state index is 13.6. The molecular formula is C14H14FN3O2. The summed E-state index contributed by atoms with van der Waals surface area (Å²) in [7, 11) is 0. The molecule has 1 aromatic carbocycles. The number of benzene rings is 1. The minimum atomic E-state index is -1.08. The van der Waals surface area contributed by atoms with Crippen molar-refractivity contribution in [1.29, 1.82) is 0 Å². The number of aromatic nitrogens is 2. The average molecular weight is 275 g/mol. The number of hydrogen-bond acceptors (Lipinski definition) is 4. The molecule has 2 N–H and O–H groups in total. The van der Waals surface area contributed by atoms with Crippen LogP contribution in [0.4, 0.5) is 4.39 Å². The molecule has 0 amide bonds. The summed E-state index contributed by atoms with van der Waals surface area (Å²) in [5.74, 6) is -1.38. The second-order valence-electron chi connectivity index (χ2n) is 4.31. The zero-order valence-electron chi connectivity index (χ0n) is 10.9. The van der Waals surface area contributed by atoms with Crippen LogP contribution in [0.2, 0.25) is 0 Å². The average Bonchev–Trinajstić information content (AvgIpc) is 2.45. The number of nitrogens with one attached hydrogen (secondary N) is 1. The van der Waals surface area contributed by atoms with Crippen molar-refractivity contribution in [2.45, 2.75) is 19.5 Å². The summed E-state index contributed by atoms with van der Waals surface area (Å²) in [6, 6.07) is 6.20. The topological polar surface area (TPSA) is 75.1 Å². The fourth-order valence-electron chi connectivity index (χ4n) is 1.86. The van der Waals surface area contributed by atoms with Crippen LogP contribution in [0.15, 0.2) is 36.8 Å². The van der Waals surface area contributed by atoms with Gasteiger partial charge in [0.2, 0.25) is 0 Å². The van der Waals surface area contributed by atoms with E-state index < -0.39 is 5.97 Å². The number of aromatic carboxylic acids is 1. The number of halogens is 1. The van der Waals surface area contributed by atoms with E-state index in [0.29, 0.717) is 11.3 Å². The zero-order valence-corrected chi connectivity index (χ0v) is 10.9. The fourth-order valence-corrected chi connectivity index (χ4v) is 1.86. The van der Waals surface area contributed by atoms with Crippen molar-refractivity contribution in [2.24, 2.45) is 0 Å². The third-order valence-electron chi connectivity index (χ3n) is 2.97. The van der Waals surface area contributed by atoms with Crippen LogP contribution in [-0.4, -0.2) is 21.0 Å². The minimum Gasteiger partial charge on any atom is -0.478 e. The molecule has 1 aromatic heterocycles. The minimum absolute atomic E-state index is 0.0423. The molecule has 2 aromatic rings. The molecule has 0 unspecified atom stereocenters. The molecule has 0 aliphatic heterocycles. The normalized spacial score (nSPS) is 12.1. The Morgan fingerprint density at radius 3 is 2.90 bits per heavy atom. The highest BCUT2D eigenvalue weighted by molar-refractivity contribution is 5.88. The summed E-state index contributed by atoms with van der Waals surface area (Å²) in [5, 5.41) is 12.1. The van der Waals surface area contributed by atoms with Gasteiger partial charge < -0.3 is 10.4 Å². The van der Waals surface area contributed by atoms with Gasteiger partial charge in [0.1, 0.15) is 17.7 Å². The monoisotopic (exact) mass is 275 g/mol. The Bertz CT molecular complexity index is 619. The fraction of sp³-hybridized carbons (Fsp3) is 0.214. The lowest BCUT2D eigenvalue weighted by Crippen LogP contribution is -2.21. The Morgan fingerprint density at radius 1 is 1.45 bits per heavy atom. The Hall–Kier alpha value is -2.34. The van der Waals surface area contributed by atoms with Crippen molar-refractivity contribution in [1.82, 2.24) is 15.3 Å². The van der Waals surface area contributed by atoms with Gasteiger partial charge in [0.15, 0.2) is 0 Å². The number of rotatable bonds is 5. The lowest BCUT2D eigenvalue weighted by atomic mass is 10.1. The SMILES string of the molecule is C[C@@H](NCc1ncncc1C(=O)O)c1ccccc1F. The van der Waals surface area contributed by atoms with Crippen molar-refractivity contribution in [2.75, 3.05) is 0 Å². The molecule has 20 heavy (non-hydrogen) atoms. The van der Waals surface area contributed by atoms with Gasteiger partial charge >= 0.3 is 5.97 Å². The Kier molecular flexibility index (Phi) is 4.37. The van der Waals surface area contributed by atoms with Gasteiger partial charge in [-0.2, -0.15) is 0 Å². The zero-order chi connectivity index (χ0) is 14.5. The van der Waals surface area contributed by atoms with Gasteiger partial charge in [0, 0.05) is 24.3 Å². The molecule has 0 saturated heterocycles. The van der Waals surface area contributed by atoms with Crippen LogP contribution in [0.1, 0.15) is 34.6 Å². The molecule has 0 fully saturated rings. The van der Waals surface area contributed by atoms with Gasteiger partial charge in [-0.1, -0.05) is 18.2 Å². The van der Waals surface area contributed by atoms with E-state index in [2.05, 4.69) is 15.3 Å². The second-order valence-corrected chi connectivity index (χ2v) is 4.31. The summed E-state index contributed by atoms with van der Waals surface area (Å²) in [6.45, 7) is 2.03. The first-order valence-electron chi connectivity index (χ1n) is 6.09. The van der Waals surface area contributed by atoms with E-state index in [1.165, 1.54) is 18.6 Å². The summed E-state index contributed by atoms with van der Waals surface area (Å²) in [4.78, 5) is 18.6. The lowest BCUT2D eigenvalue weighted by Gasteiger charge is -2.15. The van der Waals surface area contributed by atoms with Crippen molar-refractivity contribution in [3.63, 3.8) is 0 Å². The molecule has 0 bridgehead atoms. The summed E-state index contributed by atoms with van der Waals surface area (Å²) in [5.41, 5.74) is 0.940. The predicted molar refractivity (Wildman–Crippen MR) is 70.6 cm³/mol. The molecule has 0 saturated carbocycles. The van der Waals surface area contributed by atoms with Crippen molar-refractivity contribution in [3.8, 4) is 0 Å². The summed E-state index contributed by atoms with van der Waals surface area (Å²) >= 11 is 0. The number of carboxylic acid groups (broad SMARTS) is 1. The highest BCUT2D eigenvalue weighted by Gasteiger charge is 2.14. The first-order chi connectivity index (χ1) is 9.59. The molecule has 1 atom stereocenters. The molecule has 0 radical (unpaired) electrons. The van der Waals surface area contributed by atoms with Gasteiger partial charge in [-0.15, -0.1) is 0 Å². The predicted octanol–water partition coefficient (Wildman–Crippen LogP) is 2.16. The number of carboxylic acids is 1. The lowest BCUT2D eigenvalue weighted by molar-refractivity contribution is 0.0694. The molecule has 6 heteroatoms. The first-order valence-corrected chi connectivity index (χ1v) is 6.09. The van der Waals surface area contributed by atoms with Gasteiger partial charge in [0.25, 0.3) is 0 Å². The quantitative estimate of drug-likeness (QED) is 0.874. The molecular weight excluding hydrogens is 261 g/mol. The largest absolute Gasteiger partial charge is 0.478 e. The van der Waals surface area contributed by atoms with E-state index in [0.717, 1.165) is 0 Å². The van der Waals surface area contributed by atoms with E-state index in [9.17, 15) is 9.18 Å². The van der Waals surface area contributed by atoms with Crippen LogP contribution >= 0.6 is 0 Å². The van der Waals surface area contributed by atoms with E-state index in [1.807, 2.05) is 0 Å². The van der Waals surface area contributed by atoms with Crippen LogP contribution in [0.3, 0.4) is 0 Å². The highest BCUT2D eigenvalue weighted by atomic mass is 19.1. The molecule has 0 aliphatic carbocycles. The van der Waals surface area contributed by atoms with E-state index in [4.69, 9.17) is 5.11 Å². The first kappa shape index (κ1) is 14.1. The third kappa shape index (κ3) is 3.16. The Balaban J connectivity index is 2.10. The van der Waals surface area contributed by atoms with Gasteiger partial charge in [-0.3, -0.25) is 0 Å². The van der Waals surface area contributed by atoms with E-state index in [-0.39, 0.29) is 24.0 Å². The van der Waals surface area contributed by atoms with Crippen molar-refractivity contribution in [3.05, 3.63) is 59.4 Å². The van der Waals surface area contributed by atoms with Crippen molar-refractivity contribution < 1.29 is 14.3 Å². The molecule has 0 spiro atoms. The molecule has 104 valence electrons. The molecule has 2 rings (SSSR count). The molecule has 1 heterocycles. The summed E-state index contributed by atoms with van der Waals surface area (Å²) in [6.07, 6.45) is 2.54. The highest BCUT2D eigenvalue weighted by Crippen LogP contribution is 2.16. The van der Waals surface area contributed by atoms with E-state index in [1.54, 1.807) is 25.1 Å². The maximum atomic E-state index is 13.6. The number of hydrogen-bond donors (Lipinski definition) is 2. The van der Waals surface area contributed by atoms with E-state index >= 15 is 0 Å². The van der Waals surface area contributed by atoms with Crippen LogP contribution < -0.4 is 5.32 Å². The van der Waals surface area contributed by atoms with Gasteiger partial charge in [-0.25, -0.2) is 19.2 Å². The van der Waals surface area contributed by atoms with Crippen molar-refractivity contribution >= 4 is 5.97 Å². The van der Waals surface area contributed by atoms with Crippen LogP contribution in [0.25, 0.3) is 0 Å². The number of nitrogens with zero attached hydrogens (tertiary/aromatic N) is 2. The smallest absolute Gasteiger partial charge is 0.339 e. The van der Waals surface area contributed by atoms with Crippen LogP contribution in [-0.2, 0) is 6.54 Å². The number of carbonyl (C=O) groups is 1. The van der Waals surface area contributed by atoms with Gasteiger partial charge in [0.05, 0.1) is 5.69 Å². The standard InChI is InChI=1S/C14H14FN3O2/c1-9(10-4-2-3-5-12(10)15)17-7-13-11(14(19)20)6-16-8-18-13/h2-6,8-9,17H,7H2,1H3,(H,19,20)/t9-/m1/s1. The second kappa shape index (κ2) is 6.21. The Morgan fingerprint density at radius 2 is 2.20 bits per heavy atom. The molecule has 5 nitrogen and oxygen atoms in total. The Labute approximate surface area is 115 Å². The third-order valence-corrected chi connectivity index (χ3v) is 2.97.